The average molecular weight is 150 g/mol. The second kappa shape index (κ2) is 3.75. The summed E-state index contributed by atoms with van der Waals surface area (Å²) in [4.78, 5) is 0. The highest BCUT2D eigenvalue weighted by molar-refractivity contribution is 5.12. The molecule has 0 heteroatoms. The van der Waals surface area contributed by atoms with E-state index < -0.39 is 0 Å². The zero-order valence-corrected chi connectivity index (χ0v) is 7.80. The van der Waals surface area contributed by atoms with E-state index in [0.29, 0.717) is 0 Å². The lowest BCUT2D eigenvalue weighted by Crippen LogP contribution is -2.08. The molecule has 0 aromatic carbocycles. The Morgan fingerprint density at radius 3 is 2.73 bits per heavy atom. The highest BCUT2D eigenvalue weighted by atomic mass is 14.2. The lowest BCUT2D eigenvalue weighted by atomic mass is 9.86. The van der Waals surface area contributed by atoms with Crippen LogP contribution >= 0.6 is 0 Å². The average Bonchev–Trinajstić information content (AvgIpc) is 1.95. The minimum Gasteiger partial charge on any atom is -0.0843 e. The van der Waals surface area contributed by atoms with Crippen molar-refractivity contribution in [2.45, 2.75) is 33.6 Å². The molecule has 0 saturated carbocycles. The molecule has 0 heterocycles. The van der Waals surface area contributed by atoms with Gasteiger partial charge < -0.3 is 0 Å². The maximum Gasteiger partial charge on any atom is -0.0291 e. The van der Waals surface area contributed by atoms with Crippen molar-refractivity contribution in [1.29, 1.82) is 0 Å². The van der Waals surface area contributed by atoms with Crippen LogP contribution in [0.4, 0.5) is 0 Å². The van der Waals surface area contributed by atoms with Gasteiger partial charge in [-0.2, -0.15) is 0 Å². The molecule has 0 aromatic rings. The molecule has 0 spiro atoms. The van der Waals surface area contributed by atoms with Crippen molar-refractivity contribution in [1.82, 2.24) is 0 Å². The highest BCUT2D eigenvalue weighted by Crippen LogP contribution is 2.24. The molecule has 1 rings (SSSR count). The largest absolute Gasteiger partial charge is 0.0843 e. The highest BCUT2D eigenvalue weighted by Gasteiger charge is 2.11. The van der Waals surface area contributed by atoms with Crippen LogP contribution in [0.5, 0.6) is 0 Å². The second-order valence-electron chi connectivity index (χ2n) is 3.84. The van der Waals surface area contributed by atoms with Gasteiger partial charge in [-0.05, 0) is 31.6 Å². The van der Waals surface area contributed by atoms with Crippen LogP contribution in [0.15, 0.2) is 23.8 Å². The normalized spacial score (nSPS) is 32.5. The summed E-state index contributed by atoms with van der Waals surface area (Å²) in [6.45, 7) is 6.91. The van der Waals surface area contributed by atoms with Gasteiger partial charge in [0.1, 0.15) is 0 Å². The van der Waals surface area contributed by atoms with E-state index >= 15 is 0 Å². The zero-order valence-electron chi connectivity index (χ0n) is 7.80. The molecular formula is C11H18. The Kier molecular flexibility index (Phi) is 2.92. The standard InChI is InChI=1S/C11H18/c1-9-6-4-5-7-10(2)11(3)8-9/h4-6,10-11H,7-8H2,1-3H3. The van der Waals surface area contributed by atoms with Gasteiger partial charge >= 0.3 is 0 Å². The van der Waals surface area contributed by atoms with Crippen LogP contribution in [-0.4, -0.2) is 0 Å². The summed E-state index contributed by atoms with van der Waals surface area (Å²) >= 11 is 0. The van der Waals surface area contributed by atoms with Crippen molar-refractivity contribution >= 4 is 0 Å². The van der Waals surface area contributed by atoms with Crippen LogP contribution in [0.2, 0.25) is 0 Å². The van der Waals surface area contributed by atoms with Gasteiger partial charge in [-0.25, -0.2) is 0 Å². The fourth-order valence-electron chi connectivity index (χ4n) is 1.53. The zero-order chi connectivity index (χ0) is 8.27. The summed E-state index contributed by atoms with van der Waals surface area (Å²) in [5.74, 6) is 1.69. The van der Waals surface area contributed by atoms with Gasteiger partial charge in [0.05, 0.1) is 0 Å². The number of allylic oxidation sites excluding steroid dienone is 4. The first-order valence-electron chi connectivity index (χ1n) is 4.52. The van der Waals surface area contributed by atoms with Crippen molar-refractivity contribution < 1.29 is 0 Å². The first kappa shape index (κ1) is 8.58. The first-order valence-corrected chi connectivity index (χ1v) is 4.52. The summed E-state index contributed by atoms with van der Waals surface area (Å²) in [6.07, 6.45) is 9.22. The van der Waals surface area contributed by atoms with E-state index in [2.05, 4.69) is 39.0 Å². The quantitative estimate of drug-likeness (QED) is 0.495. The third-order valence-electron chi connectivity index (χ3n) is 2.64. The van der Waals surface area contributed by atoms with Gasteiger partial charge in [0.15, 0.2) is 0 Å². The Hall–Kier alpha value is -0.520. The summed E-state index contributed by atoms with van der Waals surface area (Å²) in [5, 5.41) is 0. The Labute approximate surface area is 70.0 Å². The third kappa shape index (κ3) is 2.53. The molecule has 0 bridgehead atoms. The van der Waals surface area contributed by atoms with Gasteiger partial charge in [-0.3, -0.25) is 0 Å². The Morgan fingerprint density at radius 1 is 1.27 bits per heavy atom. The Balaban J connectivity index is 2.64. The molecule has 0 radical (unpaired) electrons. The monoisotopic (exact) mass is 150 g/mol. The van der Waals surface area contributed by atoms with Crippen LogP contribution in [0.3, 0.4) is 0 Å². The lowest BCUT2D eigenvalue weighted by molar-refractivity contribution is 0.386. The van der Waals surface area contributed by atoms with Crippen molar-refractivity contribution in [2.75, 3.05) is 0 Å². The smallest absolute Gasteiger partial charge is 0.0291 e. The molecule has 2 atom stereocenters. The van der Waals surface area contributed by atoms with Gasteiger partial charge in [0, 0.05) is 0 Å². The fraction of sp³-hybridized carbons (Fsp3) is 0.636. The molecule has 11 heavy (non-hydrogen) atoms. The molecule has 0 aliphatic heterocycles. The summed E-state index contributed by atoms with van der Waals surface area (Å²) in [7, 11) is 0. The SMILES string of the molecule is CC1=CC=CCC(C)C(C)C1. The van der Waals surface area contributed by atoms with Crippen LogP contribution < -0.4 is 0 Å². The number of rotatable bonds is 0. The van der Waals surface area contributed by atoms with Crippen molar-refractivity contribution in [3.05, 3.63) is 23.8 Å². The molecule has 0 fully saturated rings. The second-order valence-corrected chi connectivity index (χ2v) is 3.84. The molecule has 62 valence electrons. The van der Waals surface area contributed by atoms with Gasteiger partial charge in [0.25, 0.3) is 0 Å². The van der Waals surface area contributed by atoms with Crippen molar-refractivity contribution in [3.8, 4) is 0 Å². The summed E-state index contributed by atoms with van der Waals surface area (Å²) in [5.41, 5.74) is 1.51. The van der Waals surface area contributed by atoms with Gasteiger partial charge in [-0.1, -0.05) is 37.6 Å². The molecule has 0 N–H and O–H groups in total. The van der Waals surface area contributed by atoms with E-state index in [1.54, 1.807) is 0 Å². The van der Waals surface area contributed by atoms with E-state index in [-0.39, 0.29) is 0 Å². The minimum atomic E-state index is 0.842. The third-order valence-corrected chi connectivity index (χ3v) is 2.64. The number of hydrogen-bond acceptors (Lipinski definition) is 0. The lowest BCUT2D eigenvalue weighted by Gasteiger charge is -2.19. The summed E-state index contributed by atoms with van der Waals surface area (Å²) < 4.78 is 0. The molecule has 1 aliphatic rings. The van der Waals surface area contributed by atoms with E-state index in [4.69, 9.17) is 0 Å². The predicted octanol–water partition coefficient (Wildman–Crippen LogP) is 3.55. The van der Waals surface area contributed by atoms with Crippen molar-refractivity contribution in [2.24, 2.45) is 11.8 Å². The van der Waals surface area contributed by atoms with Crippen LogP contribution in [0.25, 0.3) is 0 Å². The molecular weight excluding hydrogens is 132 g/mol. The predicted molar refractivity (Wildman–Crippen MR) is 50.5 cm³/mol. The van der Waals surface area contributed by atoms with E-state index in [1.807, 2.05) is 0 Å². The maximum atomic E-state index is 2.35. The minimum absolute atomic E-state index is 0.842. The molecule has 1 aliphatic carbocycles. The molecule has 0 amide bonds. The number of hydrogen-bond donors (Lipinski definition) is 0. The summed E-state index contributed by atoms with van der Waals surface area (Å²) in [6, 6.07) is 0. The van der Waals surface area contributed by atoms with Gasteiger partial charge in [-0.15, -0.1) is 0 Å². The molecule has 2 unspecified atom stereocenters. The maximum absolute atomic E-state index is 2.35. The van der Waals surface area contributed by atoms with E-state index in [1.165, 1.54) is 18.4 Å². The van der Waals surface area contributed by atoms with Crippen molar-refractivity contribution in [3.63, 3.8) is 0 Å². The fourth-order valence-corrected chi connectivity index (χ4v) is 1.53. The first-order chi connectivity index (χ1) is 5.20. The van der Waals surface area contributed by atoms with Crippen LogP contribution in [-0.2, 0) is 0 Å². The molecule has 0 saturated heterocycles. The topological polar surface area (TPSA) is 0 Å². The van der Waals surface area contributed by atoms with E-state index in [0.717, 1.165) is 11.8 Å². The van der Waals surface area contributed by atoms with Crippen LogP contribution in [0.1, 0.15) is 33.6 Å². The van der Waals surface area contributed by atoms with Crippen LogP contribution in [0, 0.1) is 11.8 Å². The Bertz CT molecular complexity index is 174. The molecule has 0 nitrogen and oxygen atoms in total. The van der Waals surface area contributed by atoms with Gasteiger partial charge in [0.2, 0.25) is 0 Å². The molecule has 0 aromatic heterocycles. The van der Waals surface area contributed by atoms with E-state index in [9.17, 15) is 0 Å². The Morgan fingerprint density at radius 2 is 2.00 bits per heavy atom.